The van der Waals surface area contributed by atoms with E-state index in [9.17, 15) is 9.59 Å². The SMILES string of the molecule is CC(=O)SC1CC(=O)N(c2cc(Cl)c(Br)cn2)C1. The van der Waals surface area contributed by atoms with Crippen LogP contribution in [0.3, 0.4) is 0 Å². The number of aromatic nitrogens is 1. The lowest BCUT2D eigenvalue weighted by atomic mass is 10.4. The lowest BCUT2D eigenvalue weighted by Gasteiger charge is -2.15. The maximum Gasteiger partial charge on any atom is 0.229 e. The molecule has 1 unspecified atom stereocenters. The molecular formula is C11H10BrClN2O2S. The quantitative estimate of drug-likeness (QED) is 0.824. The fourth-order valence-electron chi connectivity index (χ4n) is 1.76. The van der Waals surface area contributed by atoms with Gasteiger partial charge in [-0.3, -0.25) is 14.5 Å². The number of rotatable bonds is 2. The number of amides is 1. The van der Waals surface area contributed by atoms with Gasteiger partial charge in [0.15, 0.2) is 5.12 Å². The molecule has 0 spiro atoms. The lowest BCUT2D eigenvalue weighted by Crippen LogP contribution is -2.25. The van der Waals surface area contributed by atoms with Crippen molar-refractivity contribution in [2.75, 3.05) is 11.4 Å². The maximum atomic E-state index is 11.9. The summed E-state index contributed by atoms with van der Waals surface area (Å²) in [4.78, 5) is 28.6. The highest BCUT2D eigenvalue weighted by atomic mass is 79.9. The second-order valence-electron chi connectivity index (χ2n) is 3.90. The van der Waals surface area contributed by atoms with Gasteiger partial charge in [0.1, 0.15) is 5.82 Å². The molecule has 0 N–H and O–H groups in total. The van der Waals surface area contributed by atoms with Crippen LogP contribution in [0, 0.1) is 0 Å². The van der Waals surface area contributed by atoms with E-state index in [-0.39, 0.29) is 16.3 Å². The van der Waals surface area contributed by atoms with Gasteiger partial charge in [0.25, 0.3) is 0 Å². The highest BCUT2D eigenvalue weighted by molar-refractivity contribution is 9.10. The fourth-order valence-corrected chi connectivity index (χ4v) is 3.04. The number of hydrogen-bond donors (Lipinski definition) is 0. The third-order valence-corrected chi connectivity index (χ3v) is 4.65. The molecule has 7 heteroatoms. The van der Waals surface area contributed by atoms with Gasteiger partial charge in [0.2, 0.25) is 5.91 Å². The van der Waals surface area contributed by atoms with E-state index in [2.05, 4.69) is 20.9 Å². The predicted octanol–water partition coefficient (Wildman–Crippen LogP) is 2.88. The molecule has 1 aromatic rings. The first-order valence-corrected chi connectivity index (χ1v) is 7.31. The van der Waals surface area contributed by atoms with Gasteiger partial charge in [0.05, 0.1) is 9.50 Å². The third kappa shape index (κ3) is 3.05. The first kappa shape index (κ1) is 13.8. The second kappa shape index (κ2) is 5.59. The monoisotopic (exact) mass is 348 g/mol. The largest absolute Gasteiger partial charge is 0.296 e. The number of halogens is 2. The molecule has 1 amide bonds. The average molecular weight is 350 g/mol. The fraction of sp³-hybridized carbons (Fsp3) is 0.364. The molecule has 1 aromatic heterocycles. The molecule has 18 heavy (non-hydrogen) atoms. The second-order valence-corrected chi connectivity index (χ2v) is 6.64. The van der Waals surface area contributed by atoms with E-state index in [1.165, 1.54) is 18.7 Å². The van der Waals surface area contributed by atoms with Crippen LogP contribution in [0.25, 0.3) is 0 Å². The van der Waals surface area contributed by atoms with Crippen molar-refractivity contribution in [2.24, 2.45) is 0 Å². The molecule has 0 radical (unpaired) electrons. The van der Waals surface area contributed by atoms with Crippen LogP contribution in [0.15, 0.2) is 16.7 Å². The van der Waals surface area contributed by atoms with Crippen LogP contribution in [0.4, 0.5) is 5.82 Å². The number of carbonyl (C=O) groups is 2. The Morgan fingerprint density at radius 3 is 3.00 bits per heavy atom. The standard InChI is InChI=1S/C11H10BrClN2O2S/c1-6(16)18-7-2-11(17)15(5-7)10-3-9(13)8(12)4-14-10/h3-4,7H,2,5H2,1H3. The van der Waals surface area contributed by atoms with Crippen molar-refractivity contribution in [2.45, 2.75) is 18.6 Å². The molecule has 2 heterocycles. The van der Waals surface area contributed by atoms with Crippen molar-refractivity contribution in [1.82, 2.24) is 4.98 Å². The normalized spacial score (nSPS) is 19.4. The minimum atomic E-state index is -0.0281. The van der Waals surface area contributed by atoms with Gasteiger partial charge in [-0.15, -0.1) is 0 Å². The van der Waals surface area contributed by atoms with Gasteiger partial charge in [0, 0.05) is 37.4 Å². The van der Waals surface area contributed by atoms with Crippen LogP contribution < -0.4 is 4.90 Å². The van der Waals surface area contributed by atoms with Gasteiger partial charge in [-0.25, -0.2) is 4.98 Å². The molecule has 1 saturated heterocycles. The highest BCUT2D eigenvalue weighted by Gasteiger charge is 2.32. The summed E-state index contributed by atoms with van der Waals surface area (Å²) in [6.07, 6.45) is 1.93. The van der Waals surface area contributed by atoms with Gasteiger partial charge in [-0.05, 0) is 15.9 Å². The summed E-state index contributed by atoms with van der Waals surface area (Å²) in [6.45, 7) is 2.00. The third-order valence-electron chi connectivity index (χ3n) is 2.49. The van der Waals surface area contributed by atoms with E-state index in [4.69, 9.17) is 11.6 Å². The first-order chi connectivity index (χ1) is 8.47. The number of pyridine rings is 1. The molecule has 96 valence electrons. The Bertz CT molecular complexity index is 512. The van der Waals surface area contributed by atoms with Crippen molar-refractivity contribution < 1.29 is 9.59 Å². The summed E-state index contributed by atoms with van der Waals surface area (Å²) >= 11 is 10.4. The van der Waals surface area contributed by atoms with Crippen molar-refractivity contribution in [1.29, 1.82) is 0 Å². The van der Waals surface area contributed by atoms with Crippen LogP contribution in [0.2, 0.25) is 5.02 Å². The molecule has 1 aliphatic heterocycles. The van der Waals surface area contributed by atoms with Crippen molar-refractivity contribution in [3.05, 3.63) is 21.8 Å². The van der Waals surface area contributed by atoms with Crippen molar-refractivity contribution in [3.8, 4) is 0 Å². The number of thioether (sulfide) groups is 1. The topological polar surface area (TPSA) is 50.3 Å². The molecular weight excluding hydrogens is 340 g/mol. The summed E-state index contributed by atoms with van der Waals surface area (Å²) in [6, 6.07) is 1.64. The van der Waals surface area contributed by atoms with Crippen LogP contribution >= 0.6 is 39.3 Å². The van der Waals surface area contributed by atoms with Crippen molar-refractivity contribution >= 4 is 56.1 Å². The number of hydrogen-bond acceptors (Lipinski definition) is 4. The van der Waals surface area contributed by atoms with E-state index in [0.717, 1.165) is 0 Å². The van der Waals surface area contributed by atoms with Crippen LogP contribution in [-0.2, 0) is 9.59 Å². The Labute approximate surface area is 122 Å². The first-order valence-electron chi connectivity index (χ1n) is 5.26. The Kier molecular flexibility index (Phi) is 4.29. The molecule has 0 saturated carbocycles. The van der Waals surface area contributed by atoms with Crippen LogP contribution in [0.1, 0.15) is 13.3 Å². The summed E-state index contributed by atoms with van der Waals surface area (Å²) in [5, 5.41) is 0.533. The number of carbonyl (C=O) groups excluding carboxylic acids is 2. The Balaban J connectivity index is 2.16. The Morgan fingerprint density at radius 2 is 2.39 bits per heavy atom. The summed E-state index contributed by atoms with van der Waals surface area (Å²) < 4.78 is 0.689. The van der Waals surface area contributed by atoms with Gasteiger partial charge in [-0.2, -0.15) is 0 Å². The van der Waals surface area contributed by atoms with Crippen LogP contribution in [-0.4, -0.2) is 27.8 Å². The molecule has 0 aromatic carbocycles. The van der Waals surface area contributed by atoms with E-state index in [0.29, 0.717) is 28.3 Å². The van der Waals surface area contributed by atoms with Gasteiger partial charge in [-0.1, -0.05) is 23.4 Å². The van der Waals surface area contributed by atoms with Crippen molar-refractivity contribution in [3.63, 3.8) is 0 Å². The maximum absolute atomic E-state index is 11.9. The molecule has 0 aliphatic carbocycles. The minimum absolute atomic E-state index is 0.000720. The summed E-state index contributed by atoms with van der Waals surface area (Å²) in [7, 11) is 0. The Hall–Kier alpha value is -0.590. The summed E-state index contributed by atoms with van der Waals surface area (Å²) in [5.74, 6) is 0.500. The predicted molar refractivity (Wildman–Crippen MR) is 76.0 cm³/mol. The molecule has 4 nitrogen and oxygen atoms in total. The van der Waals surface area contributed by atoms with E-state index < -0.39 is 0 Å². The van der Waals surface area contributed by atoms with E-state index in [1.54, 1.807) is 17.2 Å². The lowest BCUT2D eigenvalue weighted by molar-refractivity contribution is -0.117. The van der Waals surface area contributed by atoms with Gasteiger partial charge >= 0.3 is 0 Å². The van der Waals surface area contributed by atoms with E-state index >= 15 is 0 Å². The Morgan fingerprint density at radius 1 is 1.67 bits per heavy atom. The zero-order chi connectivity index (χ0) is 13.3. The smallest absolute Gasteiger partial charge is 0.229 e. The average Bonchev–Trinajstić information content (AvgIpc) is 2.62. The number of anilines is 1. The zero-order valence-corrected chi connectivity index (χ0v) is 12.7. The molecule has 0 bridgehead atoms. The molecule has 1 fully saturated rings. The van der Waals surface area contributed by atoms with E-state index in [1.807, 2.05) is 0 Å². The molecule has 1 atom stereocenters. The van der Waals surface area contributed by atoms with Gasteiger partial charge < -0.3 is 0 Å². The van der Waals surface area contributed by atoms with Crippen LogP contribution in [0.5, 0.6) is 0 Å². The number of nitrogens with zero attached hydrogens (tertiary/aromatic N) is 2. The minimum Gasteiger partial charge on any atom is -0.296 e. The summed E-state index contributed by atoms with van der Waals surface area (Å²) in [5.41, 5.74) is 0. The molecule has 2 rings (SSSR count). The zero-order valence-electron chi connectivity index (χ0n) is 9.52. The molecule has 1 aliphatic rings. The highest BCUT2D eigenvalue weighted by Crippen LogP contribution is 2.30.